The molecule has 4 aromatic carbocycles. The van der Waals surface area contributed by atoms with Gasteiger partial charge in [0.05, 0.1) is 5.69 Å². The van der Waals surface area contributed by atoms with Crippen molar-refractivity contribution in [1.29, 1.82) is 0 Å². The van der Waals surface area contributed by atoms with Gasteiger partial charge in [0.25, 0.3) is 5.01 Å². The highest BCUT2D eigenvalue weighted by Crippen LogP contribution is 2.36. The summed E-state index contributed by atoms with van der Waals surface area (Å²) in [7, 11) is 2.18. The van der Waals surface area contributed by atoms with Crippen LogP contribution in [0.5, 0.6) is 0 Å². The molecule has 0 atom stereocenters. The minimum absolute atomic E-state index is 0.964. The van der Waals surface area contributed by atoms with Crippen molar-refractivity contribution in [2.24, 2.45) is 7.05 Å². The number of benzene rings is 4. The van der Waals surface area contributed by atoms with Crippen molar-refractivity contribution in [3.8, 4) is 11.3 Å². The predicted octanol–water partition coefficient (Wildman–Crippen LogP) is 6.07. The number of aromatic nitrogens is 2. The van der Waals surface area contributed by atoms with Crippen LogP contribution < -0.4 is 9.79 Å². The van der Waals surface area contributed by atoms with Crippen LogP contribution in [0, 0.1) is 0 Å². The van der Waals surface area contributed by atoms with Crippen molar-refractivity contribution < 1.29 is 4.57 Å². The second-order valence-corrected chi connectivity index (χ2v) is 9.03. The number of aryl methyl sites for hydroxylation is 2. The number of fused-ring (bicyclic) bond motifs is 1. The molecule has 0 amide bonds. The summed E-state index contributed by atoms with van der Waals surface area (Å²) in [5, 5.41) is 6.55. The lowest BCUT2D eigenvalue weighted by atomic mass is 10.0. The maximum Gasteiger partial charge on any atom is 0.263 e. The van der Waals surface area contributed by atoms with Crippen LogP contribution in [0.15, 0.2) is 84.9 Å². The lowest BCUT2D eigenvalue weighted by molar-refractivity contribution is -0.665. The Hall–Kier alpha value is -3.43. The van der Waals surface area contributed by atoms with Crippen LogP contribution in [-0.4, -0.2) is 4.57 Å². The van der Waals surface area contributed by atoms with Gasteiger partial charge in [-0.05, 0) is 35.2 Å². The molecule has 0 radical (unpaired) electrons. The van der Waals surface area contributed by atoms with E-state index in [1.54, 1.807) is 0 Å². The van der Waals surface area contributed by atoms with Gasteiger partial charge in [0.15, 0.2) is 0 Å². The van der Waals surface area contributed by atoms with E-state index >= 15 is 0 Å². The molecule has 0 saturated heterocycles. The zero-order chi connectivity index (χ0) is 20.9. The third-order valence-electron chi connectivity index (χ3n) is 6.28. The highest BCUT2D eigenvalue weighted by Gasteiger charge is 2.18. The van der Waals surface area contributed by atoms with Gasteiger partial charge < -0.3 is 4.57 Å². The van der Waals surface area contributed by atoms with E-state index in [1.165, 1.54) is 53.4 Å². The maximum absolute atomic E-state index is 2.41. The van der Waals surface area contributed by atoms with Gasteiger partial charge in [-0.25, -0.2) is 0 Å². The first kappa shape index (κ1) is 18.3. The summed E-state index contributed by atoms with van der Waals surface area (Å²) in [4.78, 5) is 0. The average Bonchev–Trinajstić information content (AvgIpc) is 3.31. The third kappa shape index (κ3) is 2.74. The topological polar surface area (TPSA) is 8.81 Å². The minimum Gasteiger partial charge on any atom is -0.343 e. The van der Waals surface area contributed by atoms with Gasteiger partial charge in [0.1, 0.15) is 11.2 Å². The van der Waals surface area contributed by atoms with Crippen LogP contribution >= 0.6 is 11.3 Å². The van der Waals surface area contributed by atoms with E-state index in [2.05, 4.69) is 114 Å². The van der Waals surface area contributed by atoms with Gasteiger partial charge in [-0.2, -0.15) is 4.57 Å². The summed E-state index contributed by atoms with van der Waals surface area (Å²) < 4.78 is 6.08. The van der Waals surface area contributed by atoms with Gasteiger partial charge in [-0.3, -0.25) is 0 Å². The molecule has 2 aromatic heterocycles. The van der Waals surface area contributed by atoms with Crippen LogP contribution in [0.25, 0.3) is 49.2 Å². The number of thiazole rings is 1. The Labute approximate surface area is 185 Å². The second kappa shape index (κ2) is 7.07. The fourth-order valence-corrected chi connectivity index (χ4v) is 6.06. The molecule has 6 rings (SSSR count). The van der Waals surface area contributed by atoms with E-state index in [0.717, 1.165) is 6.54 Å². The van der Waals surface area contributed by atoms with Crippen molar-refractivity contribution in [2.75, 3.05) is 0 Å². The fourth-order valence-electron chi connectivity index (χ4n) is 4.88. The molecule has 0 unspecified atom stereocenters. The molecule has 0 bridgehead atoms. The molecule has 31 heavy (non-hydrogen) atoms. The largest absolute Gasteiger partial charge is 0.343 e. The van der Waals surface area contributed by atoms with Gasteiger partial charge >= 0.3 is 0 Å². The third-order valence-corrected chi connectivity index (χ3v) is 7.40. The molecular formula is C28H23N2S+. The van der Waals surface area contributed by atoms with Crippen molar-refractivity contribution in [3.63, 3.8) is 0 Å². The molecule has 0 saturated carbocycles. The van der Waals surface area contributed by atoms with E-state index in [1.807, 2.05) is 11.3 Å². The normalized spacial score (nSPS) is 12.5. The monoisotopic (exact) mass is 419 g/mol. The highest BCUT2D eigenvalue weighted by atomic mass is 32.1. The molecule has 0 aliphatic heterocycles. The number of hydrogen-bond donors (Lipinski definition) is 0. The summed E-state index contributed by atoms with van der Waals surface area (Å²) in [6, 6.07) is 30.7. The fraction of sp³-hybridized carbons (Fsp3) is 0.107. The van der Waals surface area contributed by atoms with Crippen LogP contribution in [0.4, 0.5) is 0 Å². The standard InChI is InChI=1S/C28H23N2S/c1-3-30-23-13-7-8-15-25(23)31-26(30)18-20-16-17-22-27-21(20)12-9-14-24(27)29(2)28(22)19-10-5-4-6-11-19/h4-18H,3H2,1-2H3/q+1. The Morgan fingerprint density at radius 2 is 1.65 bits per heavy atom. The van der Waals surface area contributed by atoms with E-state index in [0.29, 0.717) is 0 Å². The Kier molecular flexibility index (Phi) is 4.18. The SMILES string of the molecule is CC[n+]1c(/C=c2\ccc3c(-c4ccccc4)n(C)c4cccc2c34)sc2ccccc21. The van der Waals surface area contributed by atoms with Crippen LogP contribution in [0.3, 0.4) is 0 Å². The highest BCUT2D eigenvalue weighted by molar-refractivity contribution is 7.18. The first-order chi connectivity index (χ1) is 15.3. The summed E-state index contributed by atoms with van der Waals surface area (Å²) in [6.45, 7) is 3.19. The van der Waals surface area contributed by atoms with Crippen molar-refractivity contribution >= 4 is 49.3 Å². The van der Waals surface area contributed by atoms with Gasteiger partial charge in [0, 0.05) is 35.5 Å². The number of para-hydroxylation sites is 1. The number of nitrogens with zero attached hydrogens (tertiary/aromatic N) is 2. The number of rotatable bonds is 3. The summed E-state index contributed by atoms with van der Waals surface area (Å²) >= 11 is 1.87. The van der Waals surface area contributed by atoms with Crippen molar-refractivity contribution in [2.45, 2.75) is 13.5 Å². The summed E-state index contributed by atoms with van der Waals surface area (Å²) in [5.41, 5.74) is 5.13. The Morgan fingerprint density at radius 3 is 2.48 bits per heavy atom. The van der Waals surface area contributed by atoms with Crippen LogP contribution in [0.2, 0.25) is 0 Å². The first-order valence-electron chi connectivity index (χ1n) is 10.7. The molecule has 3 heteroatoms. The van der Waals surface area contributed by atoms with Crippen molar-refractivity contribution in [3.05, 3.63) is 95.2 Å². The Balaban J connectivity index is 1.67. The molecule has 0 N–H and O–H groups in total. The van der Waals surface area contributed by atoms with Crippen molar-refractivity contribution in [1.82, 2.24) is 4.57 Å². The lowest BCUT2D eigenvalue weighted by Crippen LogP contribution is -2.34. The quantitative estimate of drug-likeness (QED) is 0.308. The van der Waals surface area contributed by atoms with Gasteiger partial charge in [-0.15, -0.1) is 0 Å². The van der Waals surface area contributed by atoms with Gasteiger partial charge in [0.2, 0.25) is 5.52 Å². The van der Waals surface area contributed by atoms with Crippen LogP contribution in [-0.2, 0) is 13.6 Å². The predicted molar refractivity (Wildman–Crippen MR) is 132 cm³/mol. The molecule has 0 spiro atoms. The minimum atomic E-state index is 0.964. The average molecular weight is 420 g/mol. The summed E-state index contributed by atoms with van der Waals surface area (Å²) in [5.74, 6) is 0. The lowest BCUT2D eigenvalue weighted by Gasteiger charge is -2.04. The van der Waals surface area contributed by atoms with Gasteiger partial charge in [-0.1, -0.05) is 78.1 Å². The molecular weight excluding hydrogens is 396 g/mol. The zero-order valence-electron chi connectivity index (χ0n) is 17.7. The molecule has 0 fully saturated rings. The molecule has 0 aliphatic carbocycles. The molecule has 2 heterocycles. The zero-order valence-corrected chi connectivity index (χ0v) is 18.5. The Bertz CT molecular complexity index is 1620. The van der Waals surface area contributed by atoms with Crippen LogP contribution in [0.1, 0.15) is 11.9 Å². The maximum atomic E-state index is 2.41. The molecule has 150 valence electrons. The van der Waals surface area contributed by atoms with E-state index < -0.39 is 0 Å². The first-order valence-corrected chi connectivity index (χ1v) is 11.6. The molecule has 2 nitrogen and oxygen atoms in total. The van der Waals surface area contributed by atoms with E-state index in [9.17, 15) is 0 Å². The van der Waals surface area contributed by atoms with E-state index in [-0.39, 0.29) is 0 Å². The second-order valence-electron chi connectivity index (χ2n) is 7.97. The number of hydrogen-bond acceptors (Lipinski definition) is 1. The van der Waals surface area contributed by atoms with E-state index in [4.69, 9.17) is 0 Å². The smallest absolute Gasteiger partial charge is 0.263 e. The molecule has 6 aromatic rings. The Morgan fingerprint density at radius 1 is 0.839 bits per heavy atom. The molecule has 0 aliphatic rings. The summed E-state index contributed by atoms with van der Waals surface area (Å²) in [6.07, 6.45) is 2.36.